The average molecular weight is 433 g/mol. The minimum absolute atomic E-state index is 0.0470. The van der Waals surface area contributed by atoms with Crippen LogP contribution in [0.5, 0.6) is 0 Å². The third-order valence-corrected chi connectivity index (χ3v) is 6.31. The van der Waals surface area contributed by atoms with Gasteiger partial charge in [0.2, 0.25) is 11.8 Å². The van der Waals surface area contributed by atoms with Crippen LogP contribution in [0, 0.1) is 11.8 Å². The molecule has 2 fully saturated rings. The molecule has 0 saturated carbocycles. The highest BCUT2D eigenvalue weighted by Crippen LogP contribution is 2.44. The molecule has 2 aliphatic rings. The molecule has 172 valence electrons. The first-order valence-electron chi connectivity index (χ1n) is 11.7. The molecule has 2 bridgehead atoms. The van der Waals surface area contributed by atoms with Crippen molar-refractivity contribution in [1.82, 2.24) is 31.3 Å². The van der Waals surface area contributed by atoms with E-state index in [0.717, 1.165) is 63.6 Å². The van der Waals surface area contributed by atoms with E-state index in [0.29, 0.717) is 30.9 Å². The average Bonchev–Trinajstić information content (AvgIpc) is 3.51. The molecule has 9 nitrogen and oxygen atoms in total. The number of carbonyl (C=O) groups is 2. The zero-order valence-electron chi connectivity index (χ0n) is 18.5. The zero-order chi connectivity index (χ0) is 21.9. The first kappa shape index (κ1) is 23.4. The minimum Gasteiger partial charge on any atom is -0.374 e. The van der Waals surface area contributed by atoms with E-state index in [1.54, 1.807) is 0 Å². The van der Waals surface area contributed by atoms with E-state index >= 15 is 0 Å². The van der Waals surface area contributed by atoms with Crippen LogP contribution in [0.4, 0.5) is 0 Å². The molecule has 2 amide bonds. The van der Waals surface area contributed by atoms with Crippen LogP contribution >= 0.6 is 0 Å². The molecule has 31 heavy (non-hydrogen) atoms. The molecule has 0 spiro atoms. The van der Waals surface area contributed by atoms with Gasteiger partial charge in [-0.05, 0) is 44.4 Å². The van der Waals surface area contributed by atoms with Gasteiger partial charge in [-0.15, -0.1) is 10.2 Å². The van der Waals surface area contributed by atoms with Gasteiger partial charge in [-0.2, -0.15) is 5.21 Å². The summed E-state index contributed by atoms with van der Waals surface area (Å²) in [5, 5.41) is 19.7. The summed E-state index contributed by atoms with van der Waals surface area (Å²) in [7, 11) is 0. The lowest BCUT2D eigenvalue weighted by Crippen LogP contribution is -2.42. The number of aromatic nitrogens is 4. The predicted octanol–water partition coefficient (Wildman–Crippen LogP) is 2.08. The molecule has 0 radical (unpaired) electrons. The van der Waals surface area contributed by atoms with Crippen molar-refractivity contribution in [3.8, 4) is 0 Å². The van der Waals surface area contributed by atoms with Crippen molar-refractivity contribution in [3.05, 3.63) is 18.0 Å². The molecular formula is C22H36N6O3. The highest BCUT2D eigenvalue weighted by atomic mass is 16.5. The van der Waals surface area contributed by atoms with E-state index in [9.17, 15) is 9.59 Å². The summed E-state index contributed by atoms with van der Waals surface area (Å²) in [5.41, 5.74) is 0. The quantitative estimate of drug-likeness (QED) is 0.306. The monoisotopic (exact) mass is 432 g/mol. The van der Waals surface area contributed by atoms with Gasteiger partial charge in [0, 0.05) is 25.3 Å². The van der Waals surface area contributed by atoms with Gasteiger partial charge in [0.25, 0.3) is 0 Å². The Bertz CT molecular complexity index is 708. The second kappa shape index (κ2) is 12.5. The Morgan fingerprint density at radius 2 is 1.94 bits per heavy atom. The SMILES string of the molecule is CCCCCC(=O)NCC(=O)NC[C@@H]1[C@H](CC=CCCCc2nn[nH]n2)[C@@H]2CC[C@H]1O2. The fourth-order valence-corrected chi connectivity index (χ4v) is 4.61. The number of aryl methyl sites for hydroxylation is 1. The first-order valence-corrected chi connectivity index (χ1v) is 11.7. The lowest BCUT2D eigenvalue weighted by atomic mass is 9.77. The van der Waals surface area contributed by atoms with Crippen LogP contribution < -0.4 is 10.6 Å². The second-order valence-corrected chi connectivity index (χ2v) is 8.58. The number of amides is 2. The number of allylic oxidation sites excluding steroid dienone is 2. The maximum absolute atomic E-state index is 12.2. The van der Waals surface area contributed by atoms with Crippen molar-refractivity contribution >= 4 is 11.8 Å². The van der Waals surface area contributed by atoms with Crippen molar-refractivity contribution in [1.29, 1.82) is 0 Å². The van der Waals surface area contributed by atoms with E-state index in [1.165, 1.54) is 0 Å². The van der Waals surface area contributed by atoms with Gasteiger partial charge in [0.1, 0.15) is 0 Å². The summed E-state index contributed by atoms with van der Waals surface area (Å²) < 4.78 is 6.13. The third kappa shape index (κ3) is 7.41. The van der Waals surface area contributed by atoms with E-state index in [2.05, 4.69) is 50.3 Å². The summed E-state index contributed by atoms with van der Waals surface area (Å²) in [6, 6.07) is 0. The lowest BCUT2D eigenvalue weighted by Gasteiger charge is -2.27. The number of tetrazole rings is 1. The van der Waals surface area contributed by atoms with Gasteiger partial charge >= 0.3 is 0 Å². The maximum Gasteiger partial charge on any atom is 0.239 e. The standard InChI is InChI=1S/C22H36N6O3/c1-2-3-6-11-21(29)24-15-22(30)23-14-17-16(18-12-13-19(17)31-18)9-7-4-5-8-10-20-25-27-28-26-20/h4,7,16-19H,2-3,5-6,8-15H2,1H3,(H,23,30)(H,24,29)(H,25,26,27,28)/t16-,17+,18-,19+/m0/s1. The van der Waals surface area contributed by atoms with E-state index < -0.39 is 0 Å². The van der Waals surface area contributed by atoms with Crippen LogP contribution in [0.2, 0.25) is 0 Å². The number of ether oxygens (including phenoxy) is 1. The van der Waals surface area contributed by atoms with Crippen LogP contribution in [0.1, 0.15) is 70.5 Å². The van der Waals surface area contributed by atoms with Crippen LogP contribution in [0.25, 0.3) is 0 Å². The molecule has 2 aliphatic heterocycles. The fraction of sp³-hybridized carbons (Fsp3) is 0.773. The van der Waals surface area contributed by atoms with Crippen molar-refractivity contribution < 1.29 is 14.3 Å². The van der Waals surface area contributed by atoms with E-state index in [1.807, 2.05) is 0 Å². The van der Waals surface area contributed by atoms with Crippen LogP contribution in [0.3, 0.4) is 0 Å². The lowest BCUT2D eigenvalue weighted by molar-refractivity contribution is -0.126. The number of nitrogens with zero attached hydrogens (tertiary/aromatic N) is 3. The summed E-state index contributed by atoms with van der Waals surface area (Å²) in [6.45, 7) is 2.77. The summed E-state index contributed by atoms with van der Waals surface area (Å²) in [4.78, 5) is 23.9. The third-order valence-electron chi connectivity index (χ3n) is 6.31. The fourth-order valence-electron chi connectivity index (χ4n) is 4.61. The Labute approximate surface area is 184 Å². The van der Waals surface area contributed by atoms with Gasteiger partial charge in [0.15, 0.2) is 5.82 Å². The molecule has 3 heterocycles. The number of hydrogen-bond acceptors (Lipinski definition) is 6. The number of aromatic amines is 1. The highest BCUT2D eigenvalue weighted by molar-refractivity contribution is 5.84. The van der Waals surface area contributed by atoms with E-state index in [-0.39, 0.29) is 24.5 Å². The molecular weight excluding hydrogens is 396 g/mol. The number of H-pyrrole nitrogens is 1. The number of carbonyl (C=O) groups excluding carboxylic acids is 2. The van der Waals surface area contributed by atoms with E-state index in [4.69, 9.17) is 4.74 Å². The number of nitrogens with one attached hydrogen (secondary N) is 3. The minimum atomic E-state index is -0.123. The summed E-state index contributed by atoms with van der Waals surface area (Å²) >= 11 is 0. The highest BCUT2D eigenvalue weighted by Gasteiger charge is 2.47. The molecule has 4 atom stereocenters. The van der Waals surface area contributed by atoms with Gasteiger partial charge in [-0.3, -0.25) is 9.59 Å². The Kier molecular flexibility index (Phi) is 9.45. The van der Waals surface area contributed by atoms with Crippen LogP contribution in [0.15, 0.2) is 12.2 Å². The van der Waals surface area contributed by atoms with Gasteiger partial charge in [-0.1, -0.05) is 37.1 Å². The zero-order valence-corrected chi connectivity index (χ0v) is 18.5. The van der Waals surface area contributed by atoms with Crippen molar-refractivity contribution in [2.24, 2.45) is 11.8 Å². The Morgan fingerprint density at radius 1 is 1.10 bits per heavy atom. The Hall–Kier alpha value is -2.29. The summed E-state index contributed by atoms with van der Waals surface area (Å²) in [5.74, 6) is 1.36. The predicted molar refractivity (Wildman–Crippen MR) is 116 cm³/mol. The molecule has 2 saturated heterocycles. The summed E-state index contributed by atoms with van der Waals surface area (Å²) in [6.07, 6.45) is 14.4. The maximum atomic E-state index is 12.2. The Balaban J connectivity index is 1.34. The number of unbranched alkanes of at least 4 members (excludes halogenated alkanes) is 3. The molecule has 0 aliphatic carbocycles. The molecule has 9 heteroatoms. The molecule has 1 aromatic heterocycles. The molecule has 3 N–H and O–H groups in total. The van der Waals surface area contributed by atoms with Gasteiger partial charge < -0.3 is 15.4 Å². The first-order chi connectivity index (χ1) is 15.2. The number of rotatable bonds is 14. The van der Waals surface area contributed by atoms with Crippen molar-refractivity contribution in [2.45, 2.75) is 83.3 Å². The molecule has 0 aromatic carbocycles. The second-order valence-electron chi connectivity index (χ2n) is 8.58. The number of hydrogen-bond donors (Lipinski definition) is 3. The largest absolute Gasteiger partial charge is 0.374 e. The topological polar surface area (TPSA) is 122 Å². The molecule has 3 rings (SSSR count). The van der Waals surface area contributed by atoms with Gasteiger partial charge in [-0.25, -0.2) is 0 Å². The van der Waals surface area contributed by atoms with Crippen LogP contribution in [-0.4, -0.2) is 57.7 Å². The number of fused-ring (bicyclic) bond motifs is 2. The van der Waals surface area contributed by atoms with Gasteiger partial charge in [0.05, 0.1) is 18.8 Å². The molecule has 0 unspecified atom stereocenters. The smallest absolute Gasteiger partial charge is 0.239 e. The molecule has 1 aromatic rings. The van der Waals surface area contributed by atoms with Crippen LogP contribution in [-0.2, 0) is 20.7 Å². The van der Waals surface area contributed by atoms with Crippen molar-refractivity contribution in [3.63, 3.8) is 0 Å². The Morgan fingerprint density at radius 3 is 2.71 bits per heavy atom. The normalized spacial score (nSPS) is 24.7. The van der Waals surface area contributed by atoms with Crippen molar-refractivity contribution in [2.75, 3.05) is 13.1 Å².